The molecule has 3 nitrogen and oxygen atoms in total. The molecule has 1 aliphatic rings. The Morgan fingerprint density at radius 1 is 1.12 bits per heavy atom. The average Bonchev–Trinajstić information content (AvgIpc) is 3.08. The molecule has 2 heterocycles. The molecule has 0 spiro atoms. The topological polar surface area (TPSA) is 35.0 Å². The summed E-state index contributed by atoms with van der Waals surface area (Å²) in [5.41, 5.74) is 5.97. The van der Waals surface area contributed by atoms with E-state index in [9.17, 15) is 4.39 Å². The Labute approximate surface area is 146 Å². The van der Waals surface area contributed by atoms with Crippen LogP contribution in [-0.2, 0) is 19.4 Å². The minimum Gasteiger partial charge on any atom is -0.471 e. The van der Waals surface area contributed by atoms with Gasteiger partial charge < -0.3 is 4.74 Å². The minimum absolute atomic E-state index is 0.213. The highest BCUT2D eigenvalue weighted by Crippen LogP contribution is 2.35. The van der Waals surface area contributed by atoms with Crippen molar-refractivity contribution in [1.29, 1.82) is 0 Å². The molecule has 3 aromatic rings. The number of benzene rings is 1. The molecular weight excluding hydrogens is 315 g/mol. The van der Waals surface area contributed by atoms with Crippen molar-refractivity contribution in [3.8, 4) is 17.0 Å². The molecule has 0 bridgehead atoms. The van der Waals surface area contributed by atoms with Crippen molar-refractivity contribution in [3.05, 3.63) is 77.0 Å². The van der Waals surface area contributed by atoms with E-state index in [1.165, 1.54) is 5.56 Å². The number of pyridine rings is 2. The summed E-state index contributed by atoms with van der Waals surface area (Å²) in [5, 5.41) is 0. The molecule has 0 fully saturated rings. The van der Waals surface area contributed by atoms with Crippen LogP contribution in [0.5, 0.6) is 5.88 Å². The van der Waals surface area contributed by atoms with Crippen LogP contribution in [0.3, 0.4) is 0 Å². The zero-order valence-corrected chi connectivity index (χ0v) is 14.1. The first-order valence-electron chi connectivity index (χ1n) is 8.52. The number of aromatic nitrogens is 2. The van der Waals surface area contributed by atoms with E-state index in [-0.39, 0.29) is 5.82 Å². The van der Waals surface area contributed by atoms with Crippen molar-refractivity contribution in [3.63, 3.8) is 0 Å². The molecule has 0 aliphatic heterocycles. The smallest absolute Gasteiger partial charge is 0.214 e. The molecular formula is C21H19FN2O. The first-order valence-corrected chi connectivity index (χ1v) is 8.52. The van der Waals surface area contributed by atoms with Crippen LogP contribution in [0.2, 0.25) is 0 Å². The maximum atomic E-state index is 13.9. The van der Waals surface area contributed by atoms with Gasteiger partial charge in [-0.2, -0.15) is 0 Å². The van der Waals surface area contributed by atoms with Crippen molar-refractivity contribution >= 4 is 0 Å². The Morgan fingerprint density at radius 2 is 2.04 bits per heavy atom. The summed E-state index contributed by atoms with van der Waals surface area (Å²) in [5.74, 6) is 0.359. The lowest BCUT2D eigenvalue weighted by Crippen LogP contribution is -2.02. The number of ether oxygens (including phenoxy) is 1. The van der Waals surface area contributed by atoms with Gasteiger partial charge in [0, 0.05) is 18.0 Å². The number of hydrogen-bond donors (Lipinski definition) is 0. The van der Waals surface area contributed by atoms with Gasteiger partial charge in [0.25, 0.3) is 0 Å². The Balaban J connectivity index is 1.70. The van der Waals surface area contributed by atoms with Gasteiger partial charge in [0.15, 0.2) is 0 Å². The Morgan fingerprint density at radius 3 is 2.84 bits per heavy atom. The third kappa shape index (κ3) is 3.38. The number of hydrogen-bond acceptors (Lipinski definition) is 3. The van der Waals surface area contributed by atoms with Gasteiger partial charge in [-0.05, 0) is 72.7 Å². The van der Waals surface area contributed by atoms with Crippen LogP contribution in [0, 0.1) is 12.7 Å². The summed E-state index contributed by atoms with van der Waals surface area (Å²) in [7, 11) is 0. The number of fused-ring (bicyclic) bond motifs is 1. The molecule has 1 aliphatic carbocycles. The monoisotopic (exact) mass is 334 g/mol. The zero-order chi connectivity index (χ0) is 17.2. The van der Waals surface area contributed by atoms with Gasteiger partial charge in [-0.3, -0.25) is 4.98 Å². The summed E-state index contributed by atoms with van der Waals surface area (Å²) in [6.45, 7) is 2.28. The van der Waals surface area contributed by atoms with Gasteiger partial charge in [0.05, 0.1) is 5.69 Å². The largest absolute Gasteiger partial charge is 0.471 e. The molecule has 0 saturated carbocycles. The molecule has 126 valence electrons. The highest BCUT2D eigenvalue weighted by Gasteiger charge is 2.20. The molecule has 0 unspecified atom stereocenters. The molecule has 25 heavy (non-hydrogen) atoms. The summed E-state index contributed by atoms with van der Waals surface area (Å²) in [6.07, 6.45) is 4.74. The molecule has 0 saturated heterocycles. The fourth-order valence-electron chi connectivity index (χ4n) is 3.37. The molecule has 4 rings (SSSR count). The summed E-state index contributed by atoms with van der Waals surface area (Å²) < 4.78 is 19.8. The van der Waals surface area contributed by atoms with Crippen LogP contribution in [0.15, 0.2) is 48.7 Å². The number of aryl methyl sites for hydroxylation is 2. The zero-order valence-electron chi connectivity index (χ0n) is 14.1. The van der Waals surface area contributed by atoms with Crippen molar-refractivity contribution in [2.75, 3.05) is 0 Å². The van der Waals surface area contributed by atoms with E-state index in [1.54, 1.807) is 18.3 Å². The second-order valence-corrected chi connectivity index (χ2v) is 6.41. The normalized spacial score (nSPS) is 12.9. The minimum atomic E-state index is -0.213. The number of rotatable bonds is 4. The van der Waals surface area contributed by atoms with E-state index < -0.39 is 0 Å². The van der Waals surface area contributed by atoms with Gasteiger partial charge in [-0.15, -0.1) is 0 Å². The van der Waals surface area contributed by atoms with Crippen LogP contribution < -0.4 is 4.74 Å². The number of nitrogens with zero attached hydrogens (tertiary/aromatic N) is 2. The van der Waals surface area contributed by atoms with Gasteiger partial charge in [0.1, 0.15) is 12.4 Å². The highest BCUT2D eigenvalue weighted by atomic mass is 19.1. The fraction of sp³-hybridized carbons (Fsp3) is 0.238. The molecule has 0 N–H and O–H groups in total. The quantitative estimate of drug-likeness (QED) is 0.696. The first-order chi connectivity index (χ1) is 12.2. The molecule has 0 atom stereocenters. The Hall–Kier alpha value is -2.75. The number of halogens is 1. The average molecular weight is 334 g/mol. The second kappa shape index (κ2) is 6.63. The predicted molar refractivity (Wildman–Crippen MR) is 95.0 cm³/mol. The van der Waals surface area contributed by atoms with Crippen LogP contribution in [-0.4, -0.2) is 9.97 Å². The van der Waals surface area contributed by atoms with Crippen molar-refractivity contribution in [2.45, 2.75) is 32.8 Å². The highest BCUT2D eigenvalue weighted by molar-refractivity contribution is 5.70. The van der Waals surface area contributed by atoms with Crippen molar-refractivity contribution < 1.29 is 9.13 Å². The van der Waals surface area contributed by atoms with Crippen LogP contribution in [0.25, 0.3) is 11.1 Å². The first kappa shape index (κ1) is 15.8. The second-order valence-electron chi connectivity index (χ2n) is 6.41. The van der Waals surface area contributed by atoms with Crippen molar-refractivity contribution in [1.82, 2.24) is 9.97 Å². The SMILES string of the molecule is Cc1cc(F)cc(-c2cc(OCc3ccccn3)nc3c2CCC3)c1. The summed E-state index contributed by atoms with van der Waals surface area (Å²) >= 11 is 0. The summed E-state index contributed by atoms with van der Waals surface area (Å²) in [6, 6.07) is 12.8. The molecule has 0 amide bonds. The van der Waals surface area contributed by atoms with Crippen molar-refractivity contribution in [2.24, 2.45) is 0 Å². The molecule has 4 heteroatoms. The van der Waals surface area contributed by atoms with Gasteiger partial charge in [-0.25, -0.2) is 9.37 Å². The Bertz CT molecular complexity index is 889. The third-order valence-corrected chi connectivity index (χ3v) is 4.47. The molecule has 2 aromatic heterocycles. The van der Waals surface area contributed by atoms with E-state index in [0.29, 0.717) is 12.5 Å². The van der Waals surface area contributed by atoms with E-state index >= 15 is 0 Å². The van der Waals surface area contributed by atoms with Gasteiger partial charge in [-0.1, -0.05) is 12.1 Å². The lowest BCUT2D eigenvalue weighted by Gasteiger charge is -2.13. The third-order valence-electron chi connectivity index (χ3n) is 4.47. The maximum Gasteiger partial charge on any atom is 0.214 e. The predicted octanol–water partition coefficient (Wildman–Crippen LogP) is 4.66. The molecule has 1 aromatic carbocycles. The van der Waals surface area contributed by atoms with E-state index in [2.05, 4.69) is 9.97 Å². The lowest BCUT2D eigenvalue weighted by molar-refractivity contribution is 0.288. The van der Waals surface area contributed by atoms with Gasteiger partial charge in [0.2, 0.25) is 5.88 Å². The Kier molecular flexibility index (Phi) is 4.18. The van der Waals surface area contributed by atoms with Crippen LogP contribution >= 0.6 is 0 Å². The lowest BCUT2D eigenvalue weighted by atomic mass is 9.98. The van der Waals surface area contributed by atoms with E-state index in [0.717, 1.165) is 47.3 Å². The van der Waals surface area contributed by atoms with Crippen LogP contribution in [0.1, 0.15) is 28.9 Å². The van der Waals surface area contributed by atoms with Crippen LogP contribution in [0.4, 0.5) is 4.39 Å². The maximum absolute atomic E-state index is 13.9. The fourth-order valence-corrected chi connectivity index (χ4v) is 3.37. The van der Waals surface area contributed by atoms with E-state index in [1.807, 2.05) is 37.3 Å². The van der Waals surface area contributed by atoms with Gasteiger partial charge >= 0.3 is 0 Å². The standard InChI is InChI=1S/C21H19FN2O/c1-14-9-15(11-16(22)10-14)19-12-21(24-20-7-4-6-18(19)20)25-13-17-5-2-3-8-23-17/h2-3,5,8-12H,4,6-7,13H2,1H3. The summed E-state index contributed by atoms with van der Waals surface area (Å²) in [4.78, 5) is 8.92. The van der Waals surface area contributed by atoms with E-state index in [4.69, 9.17) is 4.74 Å². The molecule has 0 radical (unpaired) electrons.